The Kier molecular flexibility index (Phi) is 2.01. The second kappa shape index (κ2) is 3.41. The van der Waals surface area contributed by atoms with Crippen LogP contribution >= 0.6 is 0 Å². The lowest BCUT2D eigenvalue weighted by atomic mass is 10.2. The van der Waals surface area contributed by atoms with Crippen molar-refractivity contribution in [2.45, 2.75) is 0 Å². The average molecular weight is 230 g/mol. The van der Waals surface area contributed by atoms with Crippen LogP contribution in [0.1, 0.15) is 0 Å². The first kappa shape index (κ1) is 10.0. The van der Waals surface area contributed by atoms with Crippen LogP contribution in [0, 0.1) is 5.82 Å². The summed E-state index contributed by atoms with van der Waals surface area (Å²) in [4.78, 5) is 13.6. The number of nitrogens with zero attached hydrogens (tertiary/aromatic N) is 3. The van der Waals surface area contributed by atoms with Crippen molar-refractivity contribution in [3.8, 4) is 0 Å². The molecule has 3 rings (SSSR count). The average Bonchev–Trinajstić information content (AvgIpc) is 2.66. The van der Waals surface area contributed by atoms with Gasteiger partial charge in [-0.25, -0.2) is 14.4 Å². The molecule has 86 valence electrons. The van der Waals surface area contributed by atoms with Crippen molar-refractivity contribution >= 4 is 27.8 Å². The maximum atomic E-state index is 13.2. The number of H-pyrrole nitrogens is 1. The first-order valence-corrected chi connectivity index (χ1v) is 5.26. The van der Waals surface area contributed by atoms with Gasteiger partial charge in [0, 0.05) is 25.0 Å². The van der Waals surface area contributed by atoms with Crippen LogP contribution in [0.2, 0.25) is 0 Å². The molecule has 5 heteroatoms. The van der Waals surface area contributed by atoms with Gasteiger partial charge in [0.25, 0.3) is 0 Å². The fourth-order valence-corrected chi connectivity index (χ4v) is 1.99. The van der Waals surface area contributed by atoms with Crippen molar-refractivity contribution < 1.29 is 4.39 Å². The molecule has 4 nitrogen and oxygen atoms in total. The van der Waals surface area contributed by atoms with Crippen LogP contribution in [0.4, 0.5) is 10.2 Å². The van der Waals surface area contributed by atoms with Gasteiger partial charge in [0.15, 0.2) is 5.82 Å². The molecule has 0 saturated carbocycles. The van der Waals surface area contributed by atoms with E-state index in [2.05, 4.69) is 15.0 Å². The first-order valence-electron chi connectivity index (χ1n) is 5.26. The van der Waals surface area contributed by atoms with E-state index >= 15 is 0 Å². The summed E-state index contributed by atoms with van der Waals surface area (Å²) in [7, 11) is 3.82. The Labute approximate surface area is 97.1 Å². The molecule has 0 unspecified atom stereocenters. The summed E-state index contributed by atoms with van der Waals surface area (Å²) < 4.78 is 13.2. The standard InChI is InChI=1S/C12H11FN4/c1-17(2)12-11-10(14-6-15-12)8-5-7(13)3-4-9(8)16-11/h3-6,16H,1-2H3. The molecular weight excluding hydrogens is 219 g/mol. The zero-order chi connectivity index (χ0) is 12.0. The van der Waals surface area contributed by atoms with Crippen LogP contribution in [0.25, 0.3) is 21.9 Å². The number of hydrogen-bond acceptors (Lipinski definition) is 3. The van der Waals surface area contributed by atoms with Crippen molar-refractivity contribution in [1.82, 2.24) is 15.0 Å². The molecule has 1 aromatic carbocycles. The number of aromatic amines is 1. The van der Waals surface area contributed by atoms with Gasteiger partial charge < -0.3 is 9.88 Å². The number of hydrogen-bond donors (Lipinski definition) is 1. The highest BCUT2D eigenvalue weighted by Crippen LogP contribution is 2.28. The van der Waals surface area contributed by atoms with Gasteiger partial charge in [0.05, 0.1) is 0 Å². The first-order chi connectivity index (χ1) is 8.16. The van der Waals surface area contributed by atoms with Gasteiger partial charge in [-0.2, -0.15) is 0 Å². The molecule has 2 aromatic heterocycles. The largest absolute Gasteiger partial charge is 0.361 e. The van der Waals surface area contributed by atoms with E-state index < -0.39 is 0 Å². The molecule has 0 saturated heterocycles. The minimum Gasteiger partial charge on any atom is -0.361 e. The van der Waals surface area contributed by atoms with E-state index in [9.17, 15) is 4.39 Å². The maximum Gasteiger partial charge on any atom is 0.155 e. The van der Waals surface area contributed by atoms with Gasteiger partial charge in [-0.05, 0) is 18.2 Å². The van der Waals surface area contributed by atoms with E-state index in [4.69, 9.17) is 0 Å². The van der Waals surface area contributed by atoms with Crippen LogP contribution in [0.5, 0.6) is 0 Å². The molecular formula is C12H11FN4. The van der Waals surface area contributed by atoms with Crippen molar-refractivity contribution in [1.29, 1.82) is 0 Å². The topological polar surface area (TPSA) is 44.8 Å². The Bertz CT molecular complexity index is 702. The van der Waals surface area contributed by atoms with Gasteiger partial charge in [0.2, 0.25) is 0 Å². The number of nitrogens with one attached hydrogen (secondary N) is 1. The zero-order valence-electron chi connectivity index (χ0n) is 9.53. The highest BCUT2D eigenvalue weighted by Gasteiger charge is 2.11. The quantitative estimate of drug-likeness (QED) is 0.697. The molecule has 0 bridgehead atoms. The Morgan fingerprint density at radius 3 is 2.82 bits per heavy atom. The molecule has 0 spiro atoms. The SMILES string of the molecule is CN(C)c1ncnc2c1[nH]c1ccc(F)cc12. The van der Waals surface area contributed by atoms with E-state index in [1.54, 1.807) is 6.07 Å². The summed E-state index contributed by atoms with van der Waals surface area (Å²) in [5.74, 6) is 0.537. The Morgan fingerprint density at radius 2 is 2.06 bits per heavy atom. The molecule has 0 fully saturated rings. The lowest BCUT2D eigenvalue weighted by Crippen LogP contribution is -2.11. The number of halogens is 1. The second-order valence-electron chi connectivity index (χ2n) is 4.13. The van der Waals surface area contributed by atoms with Crippen LogP contribution in [-0.2, 0) is 0 Å². The van der Waals surface area contributed by atoms with Crippen molar-refractivity contribution in [2.75, 3.05) is 19.0 Å². The summed E-state index contributed by atoms with van der Waals surface area (Å²) in [5.41, 5.74) is 2.45. The van der Waals surface area contributed by atoms with Crippen LogP contribution < -0.4 is 4.90 Å². The van der Waals surface area contributed by atoms with Crippen molar-refractivity contribution in [3.63, 3.8) is 0 Å². The molecule has 0 aliphatic heterocycles. The van der Waals surface area contributed by atoms with Crippen LogP contribution in [0.3, 0.4) is 0 Å². The third-order valence-corrected chi connectivity index (χ3v) is 2.75. The smallest absolute Gasteiger partial charge is 0.155 e. The predicted octanol–water partition coefficient (Wildman–Crippen LogP) is 2.32. The van der Waals surface area contributed by atoms with E-state index in [1.807, 2.05) is 19.0 Å². The molecule has 2 heterocycles. The van der Waals surface area contributed by atoms with Gasteiger partial charge in [-0.3, -0.25) is 0 Å². The summed E-state index contributed by atoms with van der Waals surface area (Å²) in [6.45, 7) is 0. The van der Waals surface area contributed by atoms with E-state index in [0.29, 0.717) is 0 Å². The van der Waals surface area contributed by atoms with Gasteiger partial charge in [-0.15, -0.1) is 0 Å². The van der Waals surface area contributed by atoms with Crippen LogP contribution in [0.15, 0.2) is 24.5 Å². The summed E-state index contributed by atoms with van der Waals surface area (Å²) >= 11 is 0. The molecule has 17 heavy (non-hydrogen) atoms. The number of benzene rings is 1. The highest BCUT2D eigenvalue weighted by molar-refractivity contribution is 6.08. The fourth-order valence-electron chi connectivity index (χ4n) is 1.99. The monoisotopic (exact) mass is 230 g/mol. The molecule has 0 amide bonds. The molecule has 0 radical (unpaired) electrons. The Morgan fingerprint density at radius 1 is 1.24 bits per heavy atom. The summed E-state index contributed by atoms with van der Waals surface area (Å²) in [5, 5.41) is 0.783. The van der Waals surface area contributed by atoms with Crippen LogP contribution in [-0.4, -0.2) is 29.0 Å². The number of aromatic nitrogens is 3. The molecule has 0 atom stereocenters. The van der Waals surface area contributed by atoms with Gasteiger partial charge in [0.1, 0.15) is 23.2 Å². The van der Waals surface area contributed by atoms with Gasteiger partial charge >= 0.3 is 0 Å². The summed E-state index contributed by atoms with van der Waals surface area (Å²) in [6.07, 6.45) is 1.50. The highest BCUT2D eigenvalue weighted by atomic mass is 19.1. The third kappa shape index (κ3) is 1.43. The van der Waals surface area contributed by atoms with E-state index in [-0.39, 0.29) is 5.82 Å². The minimum atomic E-state index is -0.261. The lowest BCUT2D eigenvalue weighted by molar-refractivity contribution is 0.630. The molecule has 1 N–H and O–H groups in total. The predicted molar refractivity (Wildman–Crippen MR) is 65.7 cm³/mol. The molecule has 0 aliphatic carbocycles. The van der Waals surface area contributed by atoms with E-state index in [1.165, 1.54) is 18.5 Å². The second-order valence-corrected chi connectivity index (χ2v) is 4.13. The van der Waals surface area contributed by atoms with E-state index in [0.717, 1.165) is 27.8 Å². The van der Waals surface area contributed by atoms with Gasteiger partial charge in [-0.1, -0.05) is 0 Å². The third-order valence-electron chi connectivity index (χ3n) is 2.75. The Hall–Kier alpha value is -2.17. The minimum absolute atomic E-state index is 0.261. The zero-order valence-corrected chi connectivity index (χ0v) is 9.53. The fraction of sp³-hybridized carbons (Fsp3) is 0.167. The molecule has 3 aromatic rings. The number of anilines is 1. The van der Waals surface area contributed by atoms with Crippen molar-refractivity contribution in [2.24, 2.45) is 0 Å². The summed E-state index contributed by atoms with van der Waals surface area (Å²) in [6, 6.07) is 4.63. The number of fused-ring (bicyclic) bond motifs is 3. The molecule has 0 aliphatic rings. The lowest BCUT2D eigenvalue weighted by Gasteiger charge is -2.10. The number of rotatable bonds is 1. The normalized spacial score (nSPS) is 11.2. The van der Waals surface area contributed by atoms with Crippen molar-refractivity contribution in [3.05, 3.63) is 30.3 Å². The maximum absolute atomic E-state index is 13.2. The Balaban J connectivity index is 2.47.